The minimum Gasteiger partial charge on any atom is -1.00 e. The summed E-state index contributed by atoms with van der Waals surface area (Å²) in [4.78, 5) is 27.6. The van der Waals surface area contributed by atoms with Crippen molar-refractivity contribution >= 4 is 32.0 Å². The highest BCUT2D eigenvalue weighted by atomic mass is 35.5. The fourth-order valence-electron chi connectivity index (χ4n) is 7.87. The number of unbranched alkanes of at least 4 members (excludes halogenated alkanes) is 6. The zero-order valence-corrected chi connectivity index (χ0v) is 39.2. The van der Waals surface area contributed by atoms with E-state index in [1.165, 1.54) is 137 Å². The summed E-state index contributed by atoms with van der Waals surface area (Å²) in [6.45, 7) is 13.9. The zero-order chi connectivity index (χ0) is 39.1. The van der Waals surface area contributed by atoms with Gasteiger partial charge < -0.3 is 35.4 Å². The van der Waals surface area contributed by atoms with Gasteiger partial charge in [0.1, 0.15) is 6.04 Å². The second-order valence-corrected chi connectivity index (χ2v) is 24.7. The molecule has 2 amide bonds. The maximum Gasteiger partial charge on any atom is 0.251 e. The van der Waals surface area contributed by atoms with E-state index >= 15 is 0 Å². The number of hydrogen-bond acceptors (Lipinski definition) is 2. The third-order valence-corrected chi connectivity index (χ3v) is 21.0. The molecule has 3 aromatic rings. The molecule has 314 valence electrons. The van der Waals surface area contributed by atoms with Crippen LogP contribution in [0.3, 0.4) is 0 Å². The third kappa shape index (κ3) is 18.3. The van der Waals surface area contributed by atoms with Crippen LogP contribution in [0.25, 0.3) is 0 Å². The summed E-state index contributed by atoms with van der Waals surface area (Å²) >= 11 is 0. The molecule has 0 spiro atoms. The summed E-state index contributed by atoms with van der Waals surface area (Å²) in [6, 6.07) is 26.1. The van der Waals surface area contributed by atoms with E-state index in [9.17, 15) is 9.59 Å². The topological polar surface area (TPSA) is 58.2 Å². The predicted octanol–water partition coefficient (Wildman–Crippen LogP) is 7.51. The summed E-state index contributed by atoms with van der Waals surface area (Å²) in [7, 11) is -2.17. The van der Waals surface area contributed by atoms with Crippen molar-refractivity contribution in [2.24, 2.45) is 0 Å². The Bertz CT molecular complexity index is 1430. The molecule has 8 heteroatoms. The summed E-state index contributed by atoms with van der Waals surface area (Å²) < 4.78 is 0. The Hall–Kier alpha value is -1.96. The second kappa shape index (κ2) is 29.3. The highest BCUT2D eigenvalue weighted by Gasteiger charge is 2.37. The van der Waals surface area contributed by atoms with E-state index in [0.29, 0.717) is 12.0 Å². The molecule has 3 rings (SSSR count). The zero-order valence-electron chi connectivity index (χ0n) is 35.9. The normalized spacial score (nSPS) is 12.0. The van der Waals surface area contributed by atoms with Gasteiger partial charge in [0.25, 0.3) is 5.91 Å². The fourth-order valence-corrected chi connectivity index (χ4v) is 18.0. The molecule has 4 nitrogen and oxygen atoms in total. The van der Waals surface area contributed by atoms with Gasteiger partial charge in [-0.15, -0.1) is 0 Å². The minimum absolute atomic E-state index is 0. The first-order valence-corrected chi connectivity index (χ1v) is 26.8. The average Bonchev–Trinajstić information content (AvgIpc) is 3.20. The molecule has 0 aliphatic heterocycles. The Kier molecular flexibility index (Phi) is 27.2. The van der Waals surface area contributed by atoms with Gasteiger partial charge in [-0.25, -0.2) is 0 Å². The van der Waals surface area contributed by atoms with Gasteiger partial charge in [-0.05, 0) is 79.5 Å². The first-order valence-electron chi connectivity index (χ1n) is 21.8. The van der Waals surface area contributed by atoms with E-state index in [1.54, 1.807) is 0 Å². The molecule has 3 aromatic carbocycles. The van der Waals surface area contributed by atoms with Crippen molar-refractivity contribution in [3.63, 3.8) is 0 Å². The number of carbonyl (C=O) groups excluding carboxylic acids is 2. The number of hydrogen-bond donors (Lipinski definition) is 2. The Morgan fingerprint density at radius 3 is 1.25 bits per heavy atom. The van der Waals surface area contributed by atoms with Crippen LogP contribution in [0.2, 0.25) is 0 Å². The quantitative estimate of drug-likeness (QED) is 0.0745. The van der Waals surface area contributed by atoms with Gasteiger partial charge in [0, 0.05) is 32.2 Å². The van der Waals surface area contributed by atoms with Crippen molar-refractivity contribution in [3.05, 3.63) is 101 Å². The van der Waals surface area contributed by atoms with Crippen LogP contribution in [0.5, 0.6) is 0 Å². The molecular formula is C48H76Cl2N2O2P2. The summed E-state index contributed by atoms with van der Waals surface area (Å²) in [6.07, 6.45) is 26.6. The lowest BCUT2D eigenvalue weighted by molar-refractivity contribution is -0.118. The monoisotopic (exact) mass is 844 g/mol. The molecule has 1 atom stereocenters. The van der Waals surface area contributed by atoms with E-state index in [1.807, 2.05) is 42.5 Å². The van der Waals surface area contributed by atoms with Crippen molar-refractivity contribution in [2.75, 3.05) is 42.3 Å². The molecular weight excluding hydrogens is 769 g/mol. The molecule has 0 heterocycles. The number of halogens is 2. The number of carbonyl (C=O) groups is 2. The van der Waals surface area contributed by atoms with Crippen molar-refractivity contribution in [3.8, 4) is 0 Å². The van der Waals surface area contributed by atoms with E-state index in [2.05, 4.69) is 88.6 Å². The molecule has 0 unspecified atom stereocenters. The number of anilines is 1. The van der Waals surface area contributed by atoms with Crippen LogP contribution in [0.4, 0.5) is 5.69 Å². The molecule has 0 fully saturated rings. The standard InChI is InChI=1S/C48H74N2O2P2.2ClH/c1-7-13-32-53(33-14-8-2,34-15-9-3)39-42-24-28-44(29-25-42)47(51)50-46(38-41-22-20-19-21-23-41)48(52)49-45-30-26-43(27-31-45)40-54(35-16-10-4,36-17-11-5)37-18-12-6;;/h19-31,46H,7-18,32-40H2,1-6H3;2*1H/t46-;;/m0../s1. The number of amides is 2. The van der Waals surface area contributed by atoms with Crippen molar-refractivity contribution in [1.82, 2.24) is 5.32 Å². The second-order valence-electron chi connectivity index (χ2n) is 16.1. The van der Waals surface area contributed by atoms with Gasteiger partial charge in [-0.3, -0.25) is 9.59 Å². The first kappa shape index (κ1) is 52.1. The first-order chi connectivity index (χ1) is 26.2. The average molecular weight is 846 g/mol. The van der Waals surface area contributed by atoms with Crippen LogP contribution in [-0.2, 0) is 23.5 Å². The maximum absolute atomic E-state index is 13.9. The van der Waals surface area contributed by atoms with Crippen LogP contribution in [0, 0.1) is 0 Å². The van der Waals surface area contributed by atoms with E-state index in [-0.39, 0.29) is 36.6 Å². The Morgan fingerprint density at radius 2 is 0.875 bits per heavy atom. The van der Waals surface area contributed by atoms with Gasteiger partial charge >= 0.3 is 0 Å². The van der Waals surface area contributed by atoms with Crippen LogP contribution >= 0.6 is 14.5 Å². The fraction of sp³-hybridized carbons (Fsp3) is 0.583. The lowest BCUT2D eigenvalue weighted by Crippen LogP contribution is -3.00. The predicted molar refractivity (Wildman–Crippen MR) is 243 cm³/mol. The third-order valence-electron chi connectivity index (χ3n) is 11.3. The highest BCUT2D eigenvalue weighted by Crippen LogP contribution is 2.64. The SMILES string of the molecule is CCCC[P+](CCCC)(CCCC)Cc1ccc(NC(=O)[C@H](Cc2ccccc2)NC(=O)c2ccc(C[P+](CCCC)(CCCC)CCCC)cc2)cc1.[Cl-].[Cl-]. The Balaban J connectivity index is 0.00000784. The van der Waals surface area contributed by atoms with Gasteiger partial charge in [0.15, 0.2) is 0 Å². The van der Waals surface area contributed by atoms with E-state index in [0.717, 1.165) is 11.3 Å². The lowest BCUT2D eigenvalue weighted by Gasteiger charge is -2.28. The summed E-state index contributed by atoms with van der Waals surface area (Å²) in [5, 5.41) is 6.27. The highest BCUT2D eigenvalue weighted by molar-refractivity contribution is 7.75. The molecule has 2 N–H and O–H groups in total. The number of rotatable bonds is 28. The smallest absolute Gasteiger partial charge is 0.251 e. The van der Waals surface area contributed by atoms with E-state index in [4.69, 9.17) is 0 Å². The van der Waals surface area contributed by atoms with Crippen molar-refractivity contribution in [2.45, 2.75) is 143 Å². The minimum atomic E-state index is -1.09. The van der Waals surface area contributed by atoms with Crippen LogP contribution < -0.4 is 35.4 Å². The van der Waals surface area contributed by atoms with Crippen LogP contribution in [0.1, 0.15) is 146 Å². The van der Waals surface area contributed by atoms with Crippen molar-refractivity contribution < 1.29 is 34.4 Å². The summed E-state index contributed by atoms with van der Waals surface area (Å²) in [5.41, 5.74) is 5.14. The van der Waals surface area contributed by atoms with Gasteiger partial charge in [0.2, 0.25) is 5.91 Å². The molecule has 0 saturated carbocycles. The Labute approximate surface area is 356 Å². The van der Waals surface area contributed by atoms with E-state index < -0.39 is 20.6 Å². The maximum atomic E-state index is 13.9. The van der Waals surface area contributed by atoms with Gasteiger partial charge in [-0.1, -0.05) is 135 Å². The molecule has 0 aromatic heterocycles. The van der Waals surface area contributed by atoms with Gasteiger partial charge in [0.05, 0.1) is 49.3 Å². The molecule has 0 bridgehead atoms. The van der Waals surface area contributed by atoms with Crippen LogP contribution in [0.15, 0.2) is 78.9 Å². The Morgan fingerprint density at radius 1 is 0.500 bits per heavy atom. The largest absolute Gasteiger partial charge is 1.00 e. The molecule has 0 radical (unpaired) electrons. The van der Waals surface area contributed by atoms with Gasteiger partial charge in [-0.2, -0.15) is 0 Å². The lowest BCUT2D eigenvalue weighted by atomic mass is 10.0. The number of benzene rings is 3. The molecule has 0 aliphatic carbocycles. The molecule has 56 heavy (non-hydrogen) atoms. The molecule has 0 aliphatic rings. The summed E-state index contributed by atoms with van der Waals surface area (Å²) in [5.74, 6) is -0.395. The van der Waals surface area contributed by atoms with Crippen molar-refractivity contribution in [1.29, 1.82) is 0 Å². The van der Waals surface area contributed by atoms with Crippen LogP contribution in [-0.4, -0.2) is 54.8 Å². The number of nitrogens with one attached hydrogen (secondary N) is 2. The molecule has 0 saturated heterocycles.